The molecular weight excluding hydrogens is 426 g/mol. The predicted octanol–water partition coefficient (Wildman–Crippen LogP) is 5.21. The van der Waals surface area contributed by atoms with Crippen LogP contribution in [0.25, 0.3) is 5.69 Å². The Kier molecular flexibility index (Phi) is 6.22. The summed E-state index contributed by atoms with van der Waals surface area (Å²) in [5, 5.41) is 3.31. The number of aryl methyl sites for hydroxylation is 1. The van der Waals surface area contributed by atoms with Gasteiger partial charge in [0, 0.05) is 30.1 Å². The van der Waals surface area contributed by atoms with Crippen LogP contribution in [-0.4, -0.2) is 27.8 Å². The van der Waals surface area contributed by atoms with Crippen molar-refractivity contribution in [1.82, 2.24) is 14.9 Å². The molecule has 1 amide bonds. The third-order valence-electron chi connectivity index (χ3n) is 7.27. The van der Waals surface area contributed by atoms with E-state index in [9.17, 15) is 9.59 Å². The highest BCUT2D eigenvalue weighted by atomic mass is 16.5. The Bertz CT molecular complexity index is 1180. The Hall–Kier alpha value is -3.41. The Morgan fingerprint density at radius 2 is 1.88 bits per heavy atom. The SMILES string of the molecule is CCOc1ccc(C(=O)CC2(C(=O)NC3CCc4ccccc4-n4ccnc43)CCCC2)cc1. The fourth-order valence-electron chi connectivity index (χ4n) is 5.46. The quantitative estimate of drug-likeness (QED) is 0.495. The Balaban J connectivity index is 1.35. The second-order valence-electron chi connectivity index (χ2n) is 9.39. The molecule has 6 heteroatoms. The fourth-order valence-corrected chi connectivity index (χ4v) is 5.46. The number of benzene rings is 2. The third kappa shape index (κ3) is 4.25. The Morgan fingerprint density at radius 3 is 2.65 bits per heavy atom. The summed E-state index contributed by atoms with van der Waals surface area (Å²) in [7, 11) is 0. The number of fused-ring (bicyclic) bond motifs is 3. The lowest BCUT2D eigenvalue weighted by Gasteiger charge is -2.29. The maximum atomic E-state index is 13.7. The van der Waals surface area contributed by atoms with E-state index in [1.165, 1.54) is 5.56 Å². The van der Waals surface area contributed by atoms with E-state index in [0.717, 1.165) is 55.8 Å². The molecule has 0 bridgehead atoms. The molecule has 1 N–H and O–H groups in total. The lowest BCUT2D eigenvalue weighted by Crippen LogP contribution is -2.43. The number of ketones is 1. The minimum atomic E-state index is -0.660. The second kappa shape index (κ2) is 9.45. The van der Waals surface area contributed by atoms with Gasteiger partial charge in [0.2, 0.25) is 5.91 Å². The standard InChI is InChI=1S/C28H31N3O3/c1-2-34-22-12-9-21(10-13-22)25(32)19-28(15-5-6-16-28)27(33)30-23-14-11-20-7-3-4-8-24(20)31-18-17-29-26(23)31/h3-4,7-10,12-13,17-18,23H,2,5-6,11,14-16,19H2,1H3,(H,30,33). The molecule has 1 aliphatic carbocycles. The summed E-state index contributed by atoms with van der Waals surface area (Å²) >= 11 is 0. The molecule has 1 saturated carbocycles. The second-order valence-corrected chi connectivity index (χ2v) is 9.39. The molecule has 176 valence electrons. The van der Waals surface area contributed by atoms with Gasteiger partial charge >= 0.3 is 0 Å². The summed E-state index contributed by atoms with van der Waals surface area (Å²) in [5.74, 6) is 1.59. The smallest absolute Gasteiger partial charge is 0.227 e. The maximum absolute atomic E-state index is 13.7. The van der Waals surface area contributed by atoms with E-state index in [1.807, 2.05) is 37.4 Å². The number of Topliss-reactive ketones (excluding diaryl/α,β-unsaturated/α-hetero) is 1. The molecule has 1 atom stereocenters. The van der Waals surface area contributed by atoms with Gasteiger partial charge < -0.3 is 14.6 Å². The average Bonchev–Trinajstić information content (AvgIpc) is 3.51. The van der Waals surface area contributed by atoms with Crippen molar-refractivity contribution < 1.29 is 14.3 Å². The van der Waals surface area contributed by atoms with Crippen LogP contribution in [0.3, 0.4) is 0 Å². The van der Waals surface area contributed by atoms with Gasteiger partial charge in [-0.25, -0.2) is 4.98 Å². The molecule has 2 heterocycles. The zero-order valence-corrected chi connectivity index (χ0v) is 19.6. The Morgan fingerprint density at radius 1 is 1.12 bits per heavy atom. The summed E-state index contributed by atoms with van der Waals surface area (Å²) in [6, 6.07) is 15.4. The largest absolute Gasteiger partial charge is 0.494 e. The zero-order chi connectivity index (χ0) is 23.5. The van der Waals surface area contributed by atoms with Crippen LogP contribution < -0.4 is 10.1 Å². The summed E-state index contributed by atoms with van der Waals surface area (Å²) in [5.41, 5.74) is 2.34. The molecule has 0 saturated heterocycles. The first-order valence-electron chi connectivity index (χ1n) is 12.3. The van der Waals surface area contributed by atoms with Crippen LogP contribution in [0.4, 0.5) is 0 Å². The number of hydrogen-bond donors (Lipinski definition) is 1. The molecule has 5 rings (SSSR count). The van der Waals surface area contributed by atoms with Crippen LogP contribution in [0, 0.1) is 5.41 Å². The van der Waals surface area contributed by atoms with Crippen LogP contribution in [0.1, 0.15) is 73.2 Å². The number of ether oxygens (including phenoxy) is 1. The normalized spacial score (nSPS) is 18.4. The van der Waals surface area contributed by atoms with Crippen molar-refractivity contribution in [2.75, 3.05) is 6.61 Å². The first kappa shape index (κ1) is 22.4. The van der Waals surface area contributed by atoms with Crippen LogP contribution in [0.2, 0.25) is 0 Å². The Labute approximate surface area is 200 Å². The molecule has 0 radical (unpaired) electrons. The third-order valence-corrected chi connectivity index (χ3v) is 7.27. The number of hydrogen-bond acceptors (Lipinski definition) is 4. The van der Waals surface area contributed by atoms with Gasteiger partial charge in [-0.1, -0.05) is 31.0 Å². The minimum absolute atomic E-state index is 0.00914. The molecule has 3 aromatic rings. The van der Waals surface area contributed by atoms with Gasteiger partial charge in [-0.2, -0.15) is 0 Å². The maximum Gasteiger partial charge on any atom is 0.227 e. The lowest BCUT2D eigenvalue weighted by molar-refractivity contribution is -0.131. The van der Waals surface area contributed by atoms with E-state index >= 15 is 0 Å². The van der Waals surface area contributed by atoms with Crippen molar-refractivity contribution in [2.24, 2.45) is 5.41 Å². The molecule has 1 aliphatic heterocycles. The van der Waals surface area contributed by atoms with E-state index in [0.29, 0.717) is 12.2 Å². The van der Waals surface area contributed by atoms with Crippen molar-refractivity contribution in [3.63, 3.8) is 0 Å². The number of nitrogens with one attached hydrogen (secondary N) is 1. The number of aromatic nitrogens is 2. The lowest BCUT2D eigenvalue weighted by atomic mass is 9.78. The van der Waals surface area contributed by atoms with Crippen molar-refractivity contribution in [2.45, 2.75) is 57.9 Å². The molecule has 34 heavy (non-hydrogen) atoms. The van der Waals surface area contributed by atoms with Crippen molar-refractivity contribution in [1.29, 1.82) is 0 Å². The predicted molar refractivity (Wildman–Crippen MR) is 130 cm³/mol. The van der Waals surface area contributed by atoms with Crippen LogP contribution in [0.15, 0.2) is 60.9 Å². The first-order valence-corrected chi connectivity index (χ1v) is 12.3. The van der Waals surface area contributed by atoms with Crippen molar-refractivity contribution in [3.8, 4) is 11.4 Å². The number of nitrogens with zero attached hydrogens (tertiary/aromatic N) is 2. The summed E-state index contributed by atoms with van der Waals surface area (Å²) < 4.78 is 7.57. The number of carbonyl (C=O) groups is 2. The zero-order valence-electron chi connectivity index (χ0n) is 19.6. The average molecular weight is 458 g/mol. The number of para-hydroxylation sites is 1. The van der Waals surface area contributed by atoms with E-state index in [1.54, 1.807) is 18.3 Å². The van der Waals surface area contributed by atoms with Crippen LogP contribution in [-0.2, 0) is 11.2 Å². The van der Waals surface area contributed by atoms with Gasteiger partial charge in [-0.05, 0) is 68.5 Å². The molecule has 1 unspecified atom stereocenters. The van der Waals surface area contributed by atoms with Gasteiger partial charge in [-0.15, -0.1) is 0 Å². The summed E-state index contributed by atoms with van der Waals surface area (Å²) in [4.78, 5) is 31.5. The van der Waals surface area contributed by atoms with E-state index in [2.05, 4.69) is 27.0 Å². The molecule has 6 nitrogen and oxygen atoms in total. The molecule has 1 fully saturated rings. The first-order chi connectivity index (χ1) is 16.6. The van der Waals surface area contributed by atoms with E-state index in [-0.39, 0.29) is 24.2 Å². The highest BCUT2D eigenvalue weighted by Gasteiger charge is 2.44. The van der Waals surface area contributed by atoms with E-state index in [4.69, 9.17) is 4.74 Å². The monoisotopic (exact) mass is 457 g/mol. The number of rotatable bonds is 7. The van der Waals surface area contributed by atoms with Gasteiger partial charge in [-0.3, -0.25) is 9.59 Å². The molecule has 0 spiro atoms. The van der Waals surface area contributed by atoms with Gasteiger partial charge in [0.05, 0.1) is 18.1 Å². The topological polar surface area (TPSA) is 73.2 Å². The molecule has 2 aliphatic rings. The van der Waals surface area contributed by atoms with Crippen molar-refractivity contribution in [3.05, 3.63) is 77.9 Å². The van der Waals surface area contributed by atoms with E-state index < -0.39 is 5.41 Å². The molecular formula is C28H31N3O3. The number of carbonyl (C=O) groups excluding carboxylic acids is 2. The van der Waals surface area contributed by atoms with Crippen LogP contribution in [0.5, 0.6) is 5.75 Å². The number of amides is 1. The highest BCUT2D eigenvalue weighted by molar-refractivity contribution is 6.00. The fraction of sp³-hybridized carbons (Fsp3) is 0.393. The highest BCUT2D eigenvalue weighted by Crippen LogP contribution is 2.43. The van der Waals surface area contributed by atoms with Gasteiger partial charge in [0.25, 0.3) is 0 Å². The minimum Gasteiger partial charge on any atom is -0.494 e. The van der Waals surface area contributed by atoms with Crippen LogP contribution >= 0.6 is 0 Å². The summed E-state index contributed by atoms with van der Waals surface area (Å²) in [6.45, 7) is 2.52. The van der Waals surface area contributed by atoms with Gasteiger partial charge in [0.15, 0.2) is 5.78 Å². The van der Waals surface area contributed by atoms with Gasteiger partial charge in [0.1, 0.15) is 11.6 Å². The van der Waals surface area contributed by atoms with Crippen molar-refractivity contribution >= 4 is 11.7 Å². The molecule has 1 aromatic heterocycles. The number of imidazole rings is 1. The summed E-state index contributed by atoms with van der Waals surface area (Å²) in [6.07, 6.45) is 9.03. The molecule has 2 aromatic carbocycles.